The van der Waals surface area contributed by atoms with Crippen molar-refractivity contribution in [2.45, 2.75) is 19.4 Å². The minimum absolute atomic E-state index is 0.0454. The molecular weight excluding hydrogens is 375 g/mol. The molecule has 1 heterocycles. The maximum atomic E-state index is 13.0. The number of hydrogen-bond donors (Lipinski definition) is 1. The van der Waals surface area contributed by atoms with Crippen LogP contribution in [0.5, 0.6) is 0 Å². The molecule has 1 fully saturated rings. The minimum atomic E-state index is -0.400. The van der Waals surface area contributed by atoms with Crippen LogP contribution in [0.2, 0.25) is 0 Å². The molecule has 2 amide bonds. The van der Waals surface area contributed by atoms with Crippen LogP contribution in [0.3, 0.4) is 0 Å². The molecule has 0 saturated carbocycles. The van der Waals surface area contributed by atoms with Crippen LogP contribution < -0.4 is 5.32 Å². The largest absolute Gasteiger partial charge is 0.465 e. The highest BCUT2D eigenvalue weighted by Crippen LogP contribution is 2.20. The van der Waals surface area contributed by atoms with Gasteiger partial charge in [0.25, 0.3) is 5.91 Å². The van der Waals surface area contributed by atoms with E-state index in [1.165, 1.54) is 31.4 Å². The van der Waals surface area contributed by atoms with E-state index in [1.54, 1.807) is 29.2 Å². The molecule has 0 radical (unpaired) electrons. The van der Waals surface area contributed by atoms with E-state index in [9.17, 15) is 18.8 Å². The third kappa shape index (κ3) is 5.19. The number of halogens is 1. The number of nitrogens with zero attached hydrogens (tertiary/aromatic N) is 1. The highest BCUT2D eigenvalue weighted by Gasteiger charge is 2.27. The van der Waals surface area contributed by atoms with E-state index in [4.69, 9.17) is 0 Å². The molecule has 0 aliphatic carbocycles. The van der Waals surface area contributed by atoms with Gasteiger partial charge in [0.05, 0.1) is 12.7 Å². The Bertz CT molecular complexity index is 873. The summed E-state index contributed by atoms with van der Waals surface area (Å²) in [5.41, 5.74) is 1.79. The molecule has 2 aromatic rings. The molecule has 3 rings (SSSR count). The maximum absolute atomic E-state index is 13.0. The van der Waals surface area contributed by atoms with Crippen LogP contribution >= 0.6 is 0 Å². The van der Waals surface area contributed by atoms with E-state index in [0.29, 0.717) is 43.6 Å². The Balaban J connectivity index is 1.46. The summed E-state index contributed by atoms with van der Waals surface area (Å²) in [5, 5.41) is 2.91. The van der Waals surface area contributed by atoms with Crippen molar-refractivity contribution in [1.29, 1.82) is 0 Å². The molecule has 1 N–H and O–H groups in total. The Kier molecular flexibility index (Phi) is 6.59. The van der Waals surface area contributed by atoms with Gasteiger partial charge in [-0.3, -0.25) is 9.59 Å². The molecule has 7 heteroatoms. The first-order valence-corrected chi connectivity index (χ1v) is 9.47. The number of hydrogen-bond acceptors (Lipinski definition) is 4. The molecule has 0 spiro atoms. The van der Waals surface area contributed by atoms with Crippen LogP contribution in [0, 0.1) is 11.7 Å². The molecule has 2 aromatic carbocycles. The Morgan fingerprint density at radius 3 is 2.17 bits per heavy atom. The fraction of sp³-hybridized carbons (Fsp3) is 0.318. The van der Waals surface area contributed by atoms with E-state index in [-0.39, 0.29) is 23.5 Å². The van der Waals surface area contributed by atoms with Crippen molar-refractivity contribution in [2.24, 2.45) is 5.92 Å². The SMILES string of the molecule is COC(=O)c1ccc(CNC(=O)C2CCN(C(=O)c3ccc(F)cc3)CC2)cc1. The number of esters is 1. The minimum Gasteiger partial charge on any atom is -0.465 e. The van der Waals surface area contributed by atoms with Crippen LogP contribution in [0.4, 0.5) is 4.39 Å². The second kappa shape index (κ2) is 9.32. The highest BCUT2D eigenvalue weighted by atomic mass is 19.1. The smallest absolute Gasteiger partial charge is 0.337 e. The van der Waals surface area contributed by atoms with Gasteiger partial charge in [0.1, 0.15) is 5.82 Å². The molecular formula is C22H23FN2O4. The monoisotopic (exact) mass is 398 g/mol. The number of carbonyl (C=O) groups is 3. The first kappa shape index (κ1) is 20.5. The van der Waals surface area contributed by atoms with E-state index in [2.05, 4.69) is 10.1 Å². The predicted octanol–water partition coefficient (Wildman–Crippen LogP) is 2.78. The third-order valence-electron chi connectivity index (χ3n) is 5.09. The van der Waals surface area contributed by atoms with Gasteiger partial charge in [0.2, 0.25) is 5.91 Å². The van der Waals surface area contributed by atoms with Crippen LogP contribution in [-0.4, -0.2) is 42.9 Å². The Morgan fingerprint density at radius 1 is 1.00 bits per heavy atom. The van der Waals surface area contributed by atoms with Gasteiger partial charge in [-0.2, -0.15) is 0 Å². The van der Waals surface area contributed by atoms with E-state index < -0.39 is 5.97 Å². The number of nitrogens with one attached hydrogen (secondary N) is 1. The first-order chi connectivity index (χ1) is 14.0. The zero-order chi connectivity index (χ0) is 20.8. The number of ether oxygens (including phenoxy) is 1. The first-order valence-electron chi connectivity index (χ1n) is 9.47. The van der Waals surface area contributed by atoms with E-state index in [0.717, 1.165) is 5.56 Å². The van der Waals surface area contributed by atoms with Crippen molar-refractivity contribution >= 4 is 17.8 Å². The van der Waals surface area contributed by atoms with Crippen LogP contribution in [-0.2, 0) is 16.1 Å². The predicted molar refractivity (Wildman–Crippen MR) is 105 cm³/mol. The molecule has 29 heavy (non-hydrogen) atoms. The maximum Gasteiger partial charge on any atom is 0.337 e. The summed E-state index contributed by atoms with van der Waals surface area (Å²) >= 11 is 0. The number of rotatable bonds is 5. The molecule has 0 atom stereocenters. The average Bonchev–Trinajstić information content (AvgIpc) is 2.77. The van der Waals surface area contributed by atoms with Crippen molar-refractivity contribution < 1.29 is 23.5 Å². The van der Waals surface area contributed by atoms with E-state index in [1.807, 2.05) is 0 Å². The number of carbonyl (C=O) groups excluding carboxylic acids is 3. The summed E-state index contributed by atoms with van der Waals surface area (Å²) in [6.07, 6.45) is 1.17. The van der Waals surface area contributed by atoms with Gasteiger partial charge in [-0.1, -0.05) is 12.1 Å². The second-order valence-electron chi connectivity index (χ2n) is 6.98. The second-order valence-corrected chi connectivity index (χ2v) is 6.98. The van der Waals surface area contributed by atoms with E-state index >= 15 is 0 Å². The number of benzene rings is 2. The van der Waals surface area contributed by atoms with Crippen LogP contribution in [0.15, 0.2) is 48.5 Å². The lowest BCUT2D eigenvalue weighted by atomic mass is 9.95. The Labute approximate surface area is 168 Å². The van der Waals surface area contributed by atoms with Gasteiger partial charge in [-0.15, -0.1) is 0 Å². The van der Waals surface area contributed by atoms with Crippen molar-refractivity contribution in [2.75, 3.05) is 20.2 Å². The lowest BCUT2D eigenvalue weighted by Gasteiger charge is -2.31. The summed E-state index contributed by atoms with van der Waals surface area (Å²) in [6, 6.07) is 12.4. The molecule has 6 nitrogen and oxygen atoms in total. The molecule has 0 aromatic heterocycles. The third-order valence-corrected chi connectivity index (χ3v) is 5.09. The zero-order valence-corrected chi connectivity index (χ0v) is 16.2. The summed E-state index contributed by atoms with van der Waals surface area (Å²) in [5.74, 6) is -1.12. The fourth-order valence-electron chi connectivity index (χ4n) is 3.33. The van der Waals surface area contributed by atoms with Gasteiger partial charge in [0.15, 0.2) is 0 Å². The fourth-order valence-corrected chi connectivity index (χ4v) is 3.33. The summed E-state index contributed by atoms with van der Waals surface area (Å²) in [4.78, 5) is 38.0. The molecule has 1 aliphatic rings. The lowest BCUT2D eigenvalue weighted by Crippen LogP contribution is -2.42. The zero-order valence-electron chi connectivity index (χ0n) is 16.2. The lowest BCUT2D eigenvalue weighted by molar-refractivity contribution is -0.126. The van der Waals surface area contributed by atoms with Crippen molar-refractivity contribution in [3.8, 4) is 0 Å². The number of likely N-dealkylation sites (tertiary alicyclic amines) is 1. The Hall–Kier alpha value is -3.22. The van der Waals surface area contributed by atoms with Crippen molar-refractivity contribution in [3.05, 3.63) is 71.0 Å². The number of amides is 2. The van der Waals surface area contributed by atoms with Gasteiger partial charge >= 0.3 is 5.97 Å². The average molecular weight is 398 g/mol. The number of methoxy groups -OCH3 is 1. The quantitative estimate of drug-likeness (QED) is 0.786. The van der Waals surface area contributed by atoms with Gasteiger partial charge < -0.3 is 15.0 Å². The van der Waals surface area contributed by atoms with Gasteiger partial charge in [-0.25, -0.2) is 9.18 Å². The van der Waals surface area contributed by atoms with Crippen LogP contribution in [0.25, 0.3) is 0 Å². The Morgan fingerprint density at radius 2 is 1.59 bits per heavy atom. The molecule has 0 unspecified atom stereocenters. The van der Waals surface area contributed by atoms with Gasteiger partial charge in [-0.05, 0) is 54.8 Å². The molecule has 1 aliphatic heterocycles. The van der Waals surface area contributed by atoms with Crippen molar-refractivity contribution in [3.63, 3.8) is 0 Å². The molecule has 1 saturated heterocycles. The van der Waals surface area contributed by atoms with Crippen molar-refractivity contribution in [1.82, 2.24) is 10.2 Å². The normalized spacial score (nSPS) is 14.3. The summed E-state index contributed by atoms with van der Waals surface area (Å²) < 4.78 is 17.7. The molecule has 152 valence electrons. The summed E-state index contributed by atoms with van der Waals surface area (Å²) in [7, 11) is 1.33. The van der Waals surface area contributed by atoms with Crippen LogP contribution in [0.1, 0.15) is 39.1 Å². The molecule has 0 bridgehead atoms. The standard InChI is InChI=1S/C22H23FN2O4/c1-29-22(28)18-4-2-15(3-5-18)14-24-20(26)16-10-12-25(13-11-16)21(27)17-6-8-19(23)9-7-17/h2-9,16H,10-14H2,1H3,(H,24,26). The summed E-state index contributed by atoms with van der Waals surface area (Å²) in [6.45, 7) is 1.35. The number of piperidine rings is 1. The highest BCUT2D eigenvalue weighted by molar-refractivity contribution is 5.94. The van der Waals surface area contributed by atoms with Gasteiger partial charge in [0, 0.05) is 31.1 Å². The topological polar surface area (TPSA) is 75.7 Å².